The number of carbonyl (C=O) groups excluding carboxylic acids is 1. The van der Waals surface area contributed by atoms with E-state index in [1.165, 1.54) is 24.9 Å². The Morgan fingerprint density at radius 1 is 1.10 bits per heavy atom. The van der Waals surface area contributed by atoms with Crippen LogP contribution in [0.15, 0.2) is 66.7 Å². The fraction of sp³-hybridized carbons (Fsp3) is 0.130. The molecule has 1 aliphatic heterocycles. The molecular formula is C23H17FN2O2S2. The molecule has 5 rings (SSSR count). The number of carbonyl (C=O) groups is 1. The first-order chi connectivity index (χ1) is 14.6. The molecule has 4 nitrogen and oxygen atoms in total. The van der Waals surface area contributed by atoms with Crippen molar-refractivity contribution in [1.82, 2.24) is 4.98 Å². The van der Waals surface area contributed by atoms with Gasteiger partial charge in [0.15, 0.2) is 11.6 Å². The van der Waals surface area contributed by atoms with Crippen LogP contribution >= 0.6 is 23.1 Å². The highest BCUT2D eigenvalue weighted by Crippen LogP contribution is 2.41. The number of para-hydroxylation sites is 1. The first-order valence-electron chi connectivity index (χ1n) is 9.39. The van der Waals surface area contributed by atoms with Crippen molar-refractivity contribution >= 4 is 44.2 Å². The number of amides is 1. The summed E-state index contributed by atoms with van der Waals surface area (Å²) in [4.78, 5) is 19.1. The van der Waals surface area contributed by atoms with E-state index in [1.54, 1.807) is 28.4 Å². The predicted octanol–water partition coefficient (Wildman–Crippen LogP) is 6.53. The average Bonchev–Trinajstić information content (AvgIpc) is 3.38. The lowest BCUT2D eigenvalue weighted by Crippen LogP contribution is -2.26. The Hall–Kier alpha value is -2.90. The number of hydrogen-bond donors (Lipinski definition) is 0. The molecule has 1 saturated heterocycles. The molecule has 0 spiro atoms. The summed E-state index contributed by atoms with van der Waals surface area (Å²) >= 11 is 2.91. The topological polar surface area (TPSA) is 42.4 Å². The summed E-state index contributed by atoms with van der Waals surface area (Å²) < 4.78 is 20.1. The minimum Gasteiger partial charge on any atom is -0.494 e. The highest BCUT2D eigenvalue weighted by atomic mass is 32.2. The van der Waals surface area contributed by atoms with Crippen molar-refractivity contribution in [1.29, 1.82) is 0 Å². The summed E-state index contributed by atoms with van der Waals surface area (Å²) in [5, 5.41) is 0.931. The zero-order chi connectivity index (χ0) is 20.7. The summed E-state index contributed by atoms with van der Waals surface area (Å²) in [5.74, 6) is 0.376. The zero-order valence-electron chi connectivity index (χ0n) is 16.0. The number of aromatic nitrogens is 1. The molecule has 0 saturated carbocycles. The third-order valence-electron chi connectivity index (χ3n) is 5.12. The highest BCUT2D eigenvalue weighted by molar-refractivity contribution is 8.14. The van der Waals surface area contributed by atoms with Gasteiger partial charge in [-0.3, -0.25) is 9.69 Å². The first kappa shape index (κ1) is 19.1. The van der Waals surface area contributed by atoms with Crippen molar-refractivity contribution in [2.45, 2.75) is 6.04 Å². The van der Waals surface area contributed by atoms with Crippen LogP contribution in [0.4, 0.5) is 14.9 Å². The molecular weight excluding hydrogens is 419 g/mol. The number of fused-ring (bicyclic) bond motifs is 1. The van der Waals surface area contributed by atoms with Crippen molar-refractivity contribution in [3.8, 4) is 16.3 Å². The van der Waals surface area contributed by atoms with Gasteiger partial charge >= 0.3 is 0 Å². The van der Waals surface area contributed by atoms with Gasteiger partial charge in [0.05, 0.1) is 23.4 Å². The van der Waals surface area contributed by atoms with E-state index in [2.05, 4.69) is 6.07 Å². The monoisotopic (exact) mass is 436 g/mol. The van der Waals surface area contributed by atoms with Crippen molar-refractivity contribution in [2.75, 3.05) is 17.8 Å². The second-order valence-corrected chi connectivity index (χ2v) is 8.89. The van der Waals surface area contributed by atoms with E-state index in [0.29, 0.717) is 5.75 Å². The Bertz CT molecular complexity index is 1210. The second-order valence-electron chi connectivity index (χ2n) is 6.89. The Morgan fingerprint density at radius 2 is 1.90 bits per heavy atom. The van der Waals surface area contributed by atoms with Crippen LogP contribution in [0.1, 0.15) is 11.6 Å². The van der Waals surface area contributed by atoms with Gasteiger partial charge in [0.1, 0.15) is 5.01 Å². The maximum absolute atomic E-state index is 13.8. The van der Waals surface area contributed by atoms with E-state index in [4.69, 9.17) is 9.72 Å². The van der Waals surface area contributed by atoms with E-state index in [0.717, 1.165) is 32.0 Å². The number of nitrogens with zero attached hydrogens (tertiary/aromatic N) is 2. The van der Waals surface area contributed by atoms with Crippen LogP contribution in [0.2, 0.25) is 0 Å². The first-order valence-corrected chi connectivity index (χ1v) is 11.2. The minimum absolute atomic E-state index is 0.0176. The van der Waals surface area contributed by atoms with Gasteiger partial charge in [-0.1, -0.05) is 30.0 Å². The maximum atomic E-state index is 13.8. The Balaban J connectivity index is 1.46. The Kier molecular flexibility index (Phi) is 4.92. The molecule has 1 fully saturated rings. The lowest BCUT2D eigenvalue weighted by atomic mass is 10.1. The quantitative estimate of drug-likeness (QED) is 0.365. The van der Waals surface area contributed by atoms with E-state index < -0.39 is 5.82 Å². The molecule has 3 aromatic carbocycles. The number of halogens is 1. The van der Waals surface area contributed by atoms with Gasteiger partial charge < -0.3 is 4.74 Å². The number of methoxy groups -OCH3 is 1. The molecule has 1 atom stereocenters. The number of rotatable bonds is 4. The summed E-state index contributed by atoms with van der Waals surface area (Å²) in [7, 11) is 1.44. The molecule has 1 aromatic heterocycles. The summed E-state index contributed by atoms with van der Waals surface area (Å²) in [6, 6.07) is 20.5. The third kappa shape index (κ3) is 3.34. The minimum atomic E-state index is -0.412. The Morgan fingerprint density at radius 3 is 2.67 bits per heavy atom. The molecule has 0 bridgehead atoms. The second kappa shape index (κ2) is 7.74. The van der Waals surface area contributed by atoms with Gasteiger partial charge in [0, 0.05) is 17.0 Å². The number of hydrogen-bond acceptors (Lipinski definition) is 5. The Labute approximate surface area is 181 Å². The van der Waals surface area contributed by atoms with Crippen molar-refractivity contribution in [2.24, 2.45) is 0 Å². The van der Waals surface area contributed by atoms with Crippen molar-refractivity contribution in [3.63, 3.8) is 0 Å². The molecule has 1 aliphatic rings. The molecule has 30 heavy (non-hydrogen) atoms. The van der Waals surface area contributed by atoms with Gasteiger partial charge in [0.25, 0.3) is 5.24 Å². The lowest BCUT2D eigenvalue weighted by molar-refractivity contribution is 0.265. The van der Waals surface area contributed by atoms with E-state index in [-0.39, 0.29) is 17.0 Å². The van der Waals surface area contributed by atoms with Crippen molar-refractivity contribution in [3.05, 3.63) is 78.1 Å². The lowest BCUT2D eigenvalue weighted by Gasteiger charge is -2.24. The van der Waals surface area contributed by atoms with E-state index >= 15 is 0 Å². The number of ether oxygens (including phenoxy) is 1. The van der Waals surface area contributed by atoms with Crippen LogP contribution in [0.25, 0.3) is 20.8 Å². The van der Waals surface area contributed by atoms with Crippen LogP contribution in [-0.2, 0) is 0 Å². The molecule has 0 N–H and O–H groups in total. The normalized spacial score (nSPS) is 16.4. The summed E-state index contributed by atoms with van der Waals surface area (Å²) in [6.45, 7) is 0. The van der Waals surface area contributed by atoms with E-state index in [1.807, 2.05) is 42.5 Å². The van der Waals surface area contributed by atoms with Crippen LogP contribution in [0.5, 0.6) is 5.75 Å². The zero-order valence-corrected chi connectivity index (χ0v) is 17.7. The van der Waals surface area contributed by atoms with Gasteiger partial charge in [-0.2, -0.15) is 0 Å². The number of thiazole rings is 1. The molecule has 0 aliphatic carbocycles. The molecule has 2 heterocycles. The highest BCUT2D eigenvalue weighted by Gasteiger charge is 2.34. The predicted molar refractivity (Wildman–Crippen MR) is 121 cm³/mol. The summed E-state index contributed by atoms with van der Waals surface area (Å²) in [6.07, 6.45) is 0. The molecule has 7 heteroatoms. The molecule has 150 valence electrons. The van der Waals surface area contributed by atoms with Crippen LogP contribution in [0.3, 0.4) is 0 Å². The fourth-order valence-electron chi connectivity index (χ4n) is 3.60. The number of anilines is 1. The SMILES string of the molecule is COc1cc(C2CSC(=O)N2c2ccc(-c3nc4ccccc4s3)cc2)ccc1F. The van der Waals surface area contributed by atoms with Crippen LogP contribution < -0.4 is 9.64 Å². The number of thioether (sulfide) groups is 1. The third-order valence-corrected chi connectivity index (χ3v) is 7.13. The van der Waals surface area contributed by atoms with Crippen LogP contribution in [0, 0.1) is 5.82 Å². The maximum Gasteiger partial charge on any atom is 0.286 e. The standard InChI is InChI=1S/C23H17FN2O2S2/c1-28-20-12-15(8-11-17(20)24)19-13-29-23(27)26(19)16-9-6-14(7-10-16)22-25-18-4-2-3-5-21(18)30-22/h2-12,19H,13H2,1H3. The van der Waals surface area contributed by atoms with E-state index in [9.17, 15) is 9.18 Å². The van der Waals surface area contributed by atoms with Gasteiger partial charge in [0.2, 0.25) is 0 Å². The van der Waals surface area contributed by atoms with Crippen molar-refractivity contribution < 1.29 is 13.9 Å². The molecule has 1 unspecified atom stereocenters. The fourth-order valence-corrected chi connectivity index (χ4v) is 5.58. The molecule has 1 amide bonds. The van der Waals surface area contributed by atoms with Crippen LogP contribution in [-0.4, -0.2) is 23.1 Å². The average molecular weight is 437 g/mol. The molecule has 4 aromatic rings. The summed E-state index contributed by atoms with van der Waals surface area (Å²) in [5.41, 5.74) is 3.65. The molecule has 0 radical (unpaired) electrons. The number of benzene rings is 3. The van der Waals surface area contributed by atoms with Gasteiger partial charge in [-0.25, -0.2) is 9.37 Å². The van der Waals surface area contributed by atoms with Gasteiger partial charge in [-0.15, -0.1) is 11.3 Å². The van der Waals surface area contributed by atoms with Gasteiger partial charge in [-0.05, 0) is 54.1 Å². The largest absolute Gasteiger partial charge is 0.494 e. The smallest absolute Gasteiger partial charge is 0.286 e.